The van der Waals surface area contributed by atoms with Gasteiger partial charge in [0.2, 0.25) is 0 Å². The van der Waals surface area contributed by atoms with Crippen molar-refractivity contribution in [2.45, 2.75) is 80.3 Å². The van der Waals surface area contributed by atoms with Gasteiger partial charge >= 0.3 is 0 Å². The molecule has 2 aromatic carbocycles. The van der Waals surface area contributed by atoms with Gasteiger partial charge in [0.15, 0.2) is 0 Å². The number of aliphatic hydroxyl groups is 1. The van der Waals surface area contributed by atoms with Gasteiger partial charge in [0.1, 0.15) is 5.82 Å². The molecular weight excluding hydrogens is 478 g/mol. The van der Waals surface area contributed by atoms with E-state index in [0.717, 1.165) is 37.1 Å². The fraction of sp³-hybridized carbons (Fsp3) is 0.429. The summed E-state index contributed by atoms with van der Waals surface area (Å²) < 4.78 is 0. The highest BCUT2D eigenvalue weighted by Crippen LogP contribution is 2.41. The van der Waals surface area contributed by atoms with Crippen LogP contribution in [0.25, 0.3) is 5.57 Å². The van der Waals surface area contributed by atoms with Gasteiger partial charge in [-0.2, -0.15) is 0 Å². The summed E-state index contributed by atoms with van der Waals surface area (Å²) in [6.07, 6.45) is 9.96. The fourth-order valence-electron chi connectivity index (χ4n) is 4.28. The Hall–Kier alpha value is -3.08. The van der Waals surface area contributed by atoms with Crippen LogP contribution in [-0.2, 0) is 25.9 Å². The van der Waals surface area contributed by atoms with Crippen molar-refractivity contribution in [2.24, 2.45) is 5.92 Å². The van der Waals surface area contributed by atoms with Crippen molar-refractivity contribution in [3.8, 4) is 0 Å². The molecule has 39 heavy (non-hydrogen) atoms. The number of benzene rings is 2. The second-order valence-electron chi connectivity index (χ2n) is 9.47. The lowest BCUT2D eigenvalue weighted by molar-refractivity contribution is 0.282. The Morgan fingerprint density at radius 3 is 1.90 bits per heavy atom. The van der Waals surface area contributed by atoms with Crippen LogP contribution in [0.2, 0.25) is 0 Å². The number of fused-ring (bicyclic) bond motifs is 3. The Morgan fingerprint density at radius 2 is 1.41 bits per heavy atom. The molecule has 0 spiro atoms. The zero-order chi connectivity index (χ0) is 29.0. The van der Waals surface area contributed by atoms with E-state index in [2.05, 4.69) is 75.5 Å². The molecule has 3 aromatic rings. The number of hydrogen-bond acceptors (Lipinski definition) is 4. The predicted molar refractivity (Wildman–Crippen MR) is 169 cm³/mol. The zero-order valence-electron chi connectivity index (χ0n) is 25.6. The molecule has 2 aliphatic carbocycles. The molecule has 4 nitrogen and oxygen atoms in total. The van der Waals surface area contributed by atoms with E-state index in [0.29, 0.717) is 5.92 Å². The third kappa shape index (κ3) is 11.3. The first kappa shape index (κ1) is 33.9. The fourth-order valence-corrected chi connectivity index (χ4v) is 4.28. The van der Waals surface area contributed by atoms with E-state index in [4.69, 9.17) is 15.1 Å². The number of rotatable bonds is 4. The second kappa shape index (κ2) is 19.9. The van der Waals surface area contributed by atoms with Crippen molar-refractivity contribution >= 4 is 5.57 Å². The minimum Gasteiger partial charge on any atom is -0.392 e. The number of allylic oxidation sites excluding steroid dienone is 4. The molecule has 0 aliphatic heterocycles. The van der Waals surface area contributed by atoms with Gasteiger partial charge in [0.25, 0.3) is 0 Å². The van der Waals surface area contributed by atoms with Crippen LogP contribution in [0.15, 0.2) is 78.4 Å². The van der Waals surface area contributed by atoms with Gasteiger partial charge in [-0.25, -0.2) is 9.97 Å². The van der Waals surface area contributed by atoms with E-state index >= 15 is 0 Å². The first-order valence-electron chi connectivity index (χ1n) is 14.6. The van der Waals surface area contributed by atoms with Gasteiger partial charge in [-0.1, -0.05) is 121 Å². The molecule has 0 saturated heterocycles. The van der Waals surface area contributed by atoms with Gasteiger partial charge in [0.05, 0.1) is 18.0 Å². The molecule has 2 N–H and O–H groups in total. The molecule has 0 saturated carbocycles. The summed E-state index contributed by atoms with van der Waals surface area (Å²) >= 11 is 0. The van der Waals surface area contributed by atoms with Crippen molar-refractivity contribution in [1.29, 1.82) is 0 Å². The summed E-state index contributed by atoms with van der Waals surface area (Å²) in [4.78, 5) is 9.80. The number of aliphatic hydroxyl groups excluding tert-OH is 1. The van der Waals surface area contributed by atoms with Crippen molar-refractivity contribution in [3.63, 3.8) is 0 Å². The quantitative estimate of drug-likeness (QED) is 0.360. The maximum atomic E-state index is 8.54. The third-order valence-corrected chi connectivity index (χ3v) is 5.82. The summed E-state index contributed by atoms with van der Waals surface area (Å²) in [7, 11) is 3.75. The number of nitrogens with zero attached hydrogens (tertiary/aromatic N) is 2. The maximum Gasteiger partial charge on any atom is 0.133 e. The minimum atomic E-state index is 0.140. The Morgan fingerprint density at radius 1 is 0.872 bits per heavy atom. The predicted octanol–water partition coefficient (Wildman–Crippen LogP) is 7.99. The minimum absolute atomic E-state index is 0.140. The van der Waals surface area contributed by atoms with E-state index in [1.807, 2.05) is 58.3 Å². The summed E-state index contributed by atoms with van der Waals surface area (Å²) in [6, 6.07) is 20.0. The van der Waals surface area contributed by atoms with E-state index in [-0.39, 0.29) is 6.61 Å². The van der Waals surface area contributed by atoms with Crippen LogP contribution in [0.1, 0.15) is 88.3 Å². The van der Waals surface area contributed by atoms with Gasteiger partial charge in [-0.3, -0.25) is 0 Å². The molecule has 0 bridgehead atoms. The monoisotopic (exact) mass is 529 g/mol. The van der Waals surface area contributed by atoms with E-state index in [1.54, 1.807) is 0 Å². The first-order valence-corrected chi connectivity index (χ1v) is 14.6. The molecule has 0 fully saturated rings. The Kier molecular flexibility index (Phi) is 17.3. The Balaban J connectivity index is 0.000000394. The van der Waals surface area contributed by atoms with Crippen molar-refractivity contribution in [1.82, 2.24) is 15.3 Å². The van der Waals surface area contributed by atoms with Crippen LogP contribution in [0.5, 0.6) is 0 Å². The average molecular weight is 530 g/mol. The first-order chi connectivity index (χ1) is 19.0. The van der Waals surface area contributed by atoms with Crippen LogP contribution in [0.3, 0.4) is 0 Å². The number of hydrogen-bond donors (Lipinski definition) is 2. The van der Waals surface area contributed by atoms with Gasteiger partial charge in [0, 0.05) is 18.4 Å². The SMILES string of the molecule is CC.CCC.CCc1nc(Cc2ccccc2)nc2c1C1=CCC(C)C=C1C2.CNC.OCc1ccccc1. The summed E-state index contributed by atoms with van der Waals surface area (Å²) in [5.41, 5.74) is 8.87. The molecule has 4 heteroatoms. The molecule has 0 radical (unpaired) electrons. The smallest absolute Gasteiger partial charge is 0.133 e. The number of nitrogens with one attached hydrogen (secondary N) is 1. The molecule has 212 valence electrons. The molecule has 2 aliphatic rings. The van der Waals surface area contributed by atoms with Gasteiger partial charge < -0.3 is 10.4 Å². The lowest BCUT2D eigenvalue weighted by Gasteiger charge is -2.15. The van der Waals surface area contributed by atoms with Crippen LogP contribution in [0, 0.1) is 5.92 Å². The maximum absolute atomic E-state index is 8.54. The normalized spacial score (nSPS) is 14.1. The van der Waals surface area contributed by atoms with Crippen LogP contribution < -0.4 is 5.32 Å². The molecule has 5 rings (SSSR count). The molecular formula is C35H51N3O. The van der Waals surface area contributed by atoms with Gasteiger partial charge in [-0.15, -0.1) is 0 Å². The van der Waals surface area contributed by atoms with Crippen molar-refractivity contribution in [2.75, 3.05) is 14.1 Å². The number of aryl methyl sites for hydroxylation is 1. The second-order valence-corrected chi connectivity index (χ2v) is 9.47. The third-order valence-electron chi connectivity index (χ3n) is 5.82. The van der Waals surface area contributed by atoms with Crippen molar-refractivity contribution in [3.05, 3.63) is 112 Å². The van der Waals surface area contributed by atoms with Crippen LogP contribution in [0.4, 0.5) is 0 Å². The molecule has 1 heterocycles. The molecule has 1 unspecified atom stereocenters. The van der Waals surface area contributed by atoms with E-state index in [9.17, 15) is 0 Å². The Labute approximate surface area is 238 Å². The molecule has 0 amide bonds. The highest BCUT2D eigenvalue weighted by Gasteiger charge is 2.28. The largest absolute Gasteiger partial charge is 0.392 e. The standard InChI is InChI=1S/C21H22N2.C7H8O.C3H8.C2H7N.C2H6/c1-3-18-21-17-10-9-14(2)11-16(17)13-19(21)23-20(22-18)12-15-7-5-4-6-8-15;8-6-7-4-2-1-3-5-7;2*1-3-2;1-2/h4-8,10-11,14H,3,9,12-13H2,1-2H3;1-5,8H,6H2;3H2,1-2H3;3H,1-2H3;1-2H3. The summed E-state index contributed by atoms with van der Waals surface area (Å²) in [5.74, 6) is 1.60. The van der Waals surface area contributed by atoms with E-state index in [1.165, 1.54) is 40.1 Å². The molecule has 1 atom stereocenters. The lowest BCUT2D eigenvalue weighted by Crippen LogP contribution is -2.06. The van der Waals surface area contributed by atoms with Crippen molar-refractivity contribution < 1.29 is 5.11 Å². The summed E-state index contributed by atoms with van der Waals surface area (Å²) in [5, 5.41) is 11.3. The topological polar surface area (TPSA) is 58.0 Å². The Bertz CT molecular complexity index is 1120. The highest BCUT2D eigenvalue weighted by atomic mass is 16.3. The number of aromatic nitrogens is 2. The van der Waals surface area contributed by atoms with E-state index < -0.39 is 0 Å². The molecule has 1 aromatic heterocycles. The lowest BCUT2D eigenvalue weighted by atomic mass is 9.91. The van der Waals surface area contributed by atoms with Crippen LogP contribution in [-0.4, -0.2) is 29.2 Å². The summed E-state index contributed by atoms with van der Waals surface area (Å²) in [6.45, 7) is 12.9. The zero-order valence-corrected chi connectivity index (χ0v) is 25.6. The average Bonchev–Trinajstić information content (AvgIpc) is 3.33. The van der Waals surface area contributed by atoms with Crippen LogP contribution >= 0.6 is 0 Å². The van der Waals surface area contributed by atoms with Gasteiger partial charge in [-0.05, 0) is 55.1 Å². The highest BCUT2D eigenvalue weighted by molar-refractivity contribution is 5.87.